The van der Waals surface area contributed by atoms with E-state index in [-0.39, 0.29) is 17.6 Å². The average molecular weight is 339 g/mol. The Morgan fingerprint density at radius 2 is 1.72 bits per heavy atom. The van der Waals surface area contributed by atoms with E-state index in [9.17, 15) is 4.79 Å². The number of aliphatic hydroxyl groups is 1. The van der Waals surface area contributed by atoms with Gasteiger partial charge in [-0.3, -0.25) is 4.79 Å². The van der Waals surface area contributed by atoms with E-state index in [1.807, 2.05) is 60.7 Å². The van der Waals surface area contributed by atoms with Crippen LogP contribution in [0.25, 0.3) is 0 Å². The monoisotopic (exact) mass is 339 g/mol. The van der Waals surface area contributed by atoms with Gasteiger partial charge in [-0.05, 0) is 18.5 Å². The Kier molecular flexibility index (Phi) is 7.89. The number of ether oxygens (including phenoxy) is 1. The summed E-state index contributed by atoms with van der Waals surface area (Å²) in [7, 11) is 0. The summed E-state index contributed by atoms with van der Waals surface area (Å²) in [6.45, 7) is 5.06. The van der Waals surface area contributed by atoms with Crippen molar-refractivity contribution in [2.24, 2.45) is 0 Å². The number of hydrogen-bond acceptors (Lipinski definition) is 4. The smallest absolute Gasteiger partial charge is 0.165 e. The van der Waals surface area contributed by atoms with Crippen LogP contribution in [0.4, 0.5) is 0 Å². The summed E-state index contributed by atoms with van der Waals surface area (Å²) in [5, 5.41) is 12.1. The molecule has 0 aliphatic carbocycles. The standard InChI is InChI=1S/C21H25NO3/c1-17(23)16-22-13-8-14-25-21(19-11-6-3-7-12-19)15-20(24)18-9-4-2-5-10-18/h2-7,9-12,21-23H,1,8,13-16H2. The highest BCUT2D eigenvalue weighted by Crippen LogP contribution is 2.23. The molecule has 25 heavy (non-hydrogen) atoms. The van der Waals surface area contributed by atoms with Crippen molar-refractivity contribution in [1.82, 2.24) is 5.32 Å². The first-order valence-electron chi connectivity index (χ1n) is 8.49. The van der Waals surface area contributed by atoms with Gasteiger partial charge >= 0.3 is 0 Å². The molecular formula is C21H25NO3. The van der Waals surface area contributed by atoms with Crippen LogP contribution >= 0.6 is 0 Å². The zero-order valence-corrected chi connectivity index (χ0v) is 14.4. The summed E-state index contributed by atoms with van der Waals surface area (Å²) in [4.78, 5) is 12.5. The first kappa shape index (κ1) is 18.9. The van der Waals surface area contributed by atoms with Crippen LogP contribution in [0, 0.1) is 0 Å². The van der Waals surface area contributed by atoms with Gasteiger partial charge in [0, 0.05) is 18.6 Å². The second-order valence-electron chi connectivity index (χ2n) is 5.86. The largest absolute Gasteiger partial charge is 0.512 e. The zero-order valence-electron chi connectivity index (χ0n) is 14.4. The lowest BCUT2D eigenvalue weighted by atomic mass is 10.00. The highest BCUT2D eigenvalue weighted by molar-refractivity contribution is 5.96. The maximum absolute atomic E-state index is 12.5. The van der Waals surface area contributed by atoms with E-state index in [4.69, 9.17) is 9.84 Å². The molecule has 0 saturated carbocycles. The minimum absolute atomic E-state index is 0.0733. The molecule has 1 unspecified atom stereocenters. The topological polar surface area (TPSA) is 58.6 Å². The molecule has 2 N–H and O–H groups in total. The molecule has 0 aromatic heterocycles. The highest BCUT2D eigenvalue weighted by atomic mass is 16.5. The highest BCUT2D eigenvalue weighted by Gasteiger charge is 2.17. The van der Waals surface area contributed by atoms with Gasteiger partial charge in [0.15, 0.2) is 5.78 Å². The SMILES string of the molecule is C=C(O)CNCCCOC(CC(=O)c1ccccc1)c1ccccc1. The number of carbonyl (C=O) groups is 1. The summed E-state index contributed by atoms with van der Waals surface area (Å²) in [6, 6.07) is 19.1. The molecule has 2 aromatic carbocycles. The van der Waals surface area contributed by atoms with E-state index in [0.717, 1.165) is 12.0 Å². The summed E-state index contributed by atoms with van der Waals surface area (Å²) in [6.07, 6.45) is 0.840. The number of rotatable bonds is 11. The Bertz CT molecular complexity index is 655. The Hall–Kier alpha value is -2.43. The molecule has 0 spiro atoms. The molecule has 0 aliphatic rings. The van der Waals surface area contributed by atoms with Gasteiger partial charge < -0.3 is 15.2 Å². The maximum atomic E-state index is 12.5. The fourth-order valence-corrected chi connectivity index (χ4v) is 2.51. The Labute approximate surface area is 149 Å². The van der Waals surface area contributed by atoms with Gasteiger partial charge in [-0.1, -0.05) is 67.2 Å². The number of nitrogens with one attached hydrogen (secondary N) is 1. The second kappa shape index (κ2) is 10.4. The van der Waals surface area contributed by atoms with Crippen LogP contribution in [0.15, 0.2) is 73.0 Å². The molecule has 1 atom stereocenters. The van der Waals surface area contributed by atoms with E-state index < -0.39 is 0 Å². The van der Waals surface area contributed by atoms with Gasteiger partial charge in [0.1, 0.15) is 0 Å². The predicted octanol–water partition coefficient (Wildman–Crippen LogP) is 4.07. The summed E-state index contributed by atoms with van der Waals surface area (Å²) >= 11 is 0. The molecule has 0 amide bonds. The fourth-order valence-electron chi connectivity index (χ4n) is 2.51. The summed E-state index contributed by atoms with van der Waals surface area (Å²) in [5.74, 6) is 0.195. The van der Waals surface area contributed by atoms with Crippen molar-refractivity contribution in [3.63, 3.8) is 0 Å². The van der Waals surface area contributed by atoms with Gasteiger partial charge in [-0.2, -0.15) is 0 Å². The minimum atomic E-state index is -0.262. The molecule has 0 fully saturated rings. The van der Waals surface area contributed by atoms with Crippen LogP contribution in [0.1, 0.15) is 34.9 Å². The summed E-state index contributed by atoms with van der Waals surface area (Å²) < 4.78 is 5.98. The van der Waals surface area contributed by atoms with E-state index in [1.54, 1.807) is 0 Å². The lowest BCUT2D eigenvalue weighted by molar-refractivity contribution is 0.0422. The van der Waals surface area contributed by atoms with Crippen molar-refractivity contribution >= 4 is 5.78 Å². The number of hydrogen-bond donors (Lipinski definition) is 2. The second-order valence-corrected chi connectivity index (χ2v) is 5.86. The Morgan fingerprint density at radius 3 is 2.36 bits per heavy atom. The molecule has 4 heteroatoms. The lowest BCUT2D eigenvalue weighted by Crippen LogP contribution is -2.20. The maximum Gasteiger partial charge on any atom is 0.165 e. The molecule has 0 saturated heterocycles. The number of aliphatic hydroxyl groups excluding tert-OH is 1. The predicted molar refractivity (Wildman–Crippen MR) is 99.8 cm³/mol. The minimum Gasteiger partial charge on any atom is -0.512 e. The molecule has 0 heterocycles. The fraction of sp³-hybridized carbons (Fsp3) is 0.286. The van der Waals surface area contributed by atoms with Crippen LogP contribution in [-0.4, -0.2) is 30.6 Å². The van der Waals surface area contributed by atoms with E-state index in [0.29, 0.717) is 31.7 Å². The van der Waals surface area contributed by atoms with Gasteiger partial charge in [0.25, 0.3) is 0 Å². The normalized spacial score (nSPS) is 11.8. The van der Waals surface area contributed by atoms with Crippen LogP contribution in [-0.2, 0) is 4.74 Å². The lowest BCUT2D eigenvalue weighted by Gasteiger charge is -2.18. The number of carbonyl (C=O) groups excluding carboxylic acids is 1. The number of ketones is 1. The van der Waals surface area contributed by atoms with E-state index >= 15 is 0 Å². The molecule has 2 rings (SSSR count). The van der Waals surface area contributed by atoms with Gasteiger partial charge in [0.2, 0.25) is 0 Å². The Balaban J connectivity index is 1.90. The molecule has 4 nitrogen and oxygen atoms in total. The molecule has 0 radical (unpaired) electrons. The Morgan fingerprint density at radius 1 is 1.08 bits per heavy atom. The van der Waals surface area contributed by atoms with Gasteiger partial charge in [-0.25, -0.2) is 0 Å². The third-order valence-electron chi connectivity index (χ3n) is 3.78. The molecule has 0 bridgehead atoms. The quantitative estimate of drug-likeness (QED) is 0.368. The van der Waals surface area contributed by atoms with Crippen molar-refractivity contribution in [1.29, 1.82) is 0 Å². The van der Waals surface area contributed by atoms with Crippen molar-refractivity contribution < 1.29 is 14.6 Å². The first-order valence-corrected chi connectivity index (χ1v) is 8.49. The molecule has 2 aromatic rings. The van der Waals surface area contributed by atoms with Crippen molar-refractivity contribution in [3.05, 3.63) is 84.1 Å². The summed E-state index contributed by atoms with van der Waals surface area (Å²) in [5.41, 5.74) is 1.71. The zero-order chi connectivity index (χ0) is 17.9. The number of Topliss-reactive ketones (excluding diaryl/α,β-unsaturated/α-hetero) is 1. The van der Waals surface area contributed by atoms with E-state index in [1.165, 1.54) is 0 Å². The van der Waals surface area contributed by atoms with Gasteiger partial charge in [0.05, 0.1) is 18.4 Å². The van der Waals surface area contributed by atoms with Crippen LogP contribution < -0.4 is 5.32 Å². The molecule has 0 aliphatic heterocycles. The molecular weight excluding hydrogens is 314 g/mol. The third-order valence-corrected chi connectivity index (χ3v) is 3.78. The van der Waals surface area contributed by atoms with E-state index in [2.05, 4.69) is 11.9 Å². The van der Waals surface area contributed by atoms with Crippen LogP contribution in [0.3, 0.4) is 0 Å². The average Bonchev–Trinajstić information content (AvgIpc) is 2.64. The first-order chi connectivity index (χ1) is 12.2. The van der Waals surface area contributed by atoms with Crippen LogP contribution in [0.2, 0.25) is 0 Å². The van der Waals surface area contributed by atoms with Crippen molar-refractivity contribution in [3.8, 4) is 0 Å². The third kappa shape index (κ3) is 6.91. The van der Waals surface area contributed by atoms with Crippen molar-refractivity contribution in [2.75, 3.05) is 19.7 Å². The van der Waals surface area contributed by atoms with Crippen LogP contribution in [0.5, 0.6) is 0 Å². The number of benzene rings is 2. The van der Waals surface area contributed by atoms with Gasteiger partial charge in [-0.15, -0.1) is 0 Å². The molecule has 132 valence electrons. The van der Waals surface area contributed by atoms with Crippen molar-refractivity contribution in [2.45, 2.75) is 18.9 Å².